The summed E-state index contributed by atoms with van der Waals surface area (Å²) in [6.07, 6.45) is 2.27. The number of carbonyl (C=O) groups excluding carboxylic acids is 2. The summed E-state index contributed by atoms with van der Waals surface area (Å²) in [4.78, 5) is 23.9. The molecule has 126 valence electrons. The normalized spacial score (nSPS) is 13.0. The Morgan fingerprint density at radius 1 is 1.13 bits per heavy atom. The Hall–Kier alpha value is -2.04. The predicted octanol–water partition coefficient (Wildman–Crippen LogP) is 2.97. The third kappa shape index (κ3) is 5.58. The molecule has 0 aromatic heterocycles. The van der Waals surface area contributed by atoms with Crippen molar-refractivity contribution >= 4 is 11.7 Å². The summed E-state index contributed by atoms with van der Waals surface area (Å²) in [6, 6.07) is 5.23. The summed E-state index contributed by atoms with van der Waals surface area (Å²) in [7, 11) is 0. The van der Waals surface area contributed by atoms with Crippen molar-refractivity contribution in [2.24, 2.45) is 5.92 Å². The second kappa shape index (κ2) is 8.56. The predicted molar refractivity (Wildman–Crippen MR) is 88.1 cm³/mol. The zero-order valence-corrected chi connectivity index (χ0v) is 13.9. The number of amides is 1. The van der Waals surface area contributed by atoms with Crippen LogP contribution in [0.2, 0.25) is 0 Å². The van der Waals surface area contributed by atoms with Crippen LogP contribution in [-0.2, 0) is 4.79 Å². The first kappa shape index (κ1) is 17.3. The van der Waals surface area contributed by atoms with Gasteiger partial charge in [-0.05, 0) is 37.0 Å². The zero-order valence-electron chi connectivity index (χ0n) is 13.9. The molecule has 0 aliphatic carbocycles. The van der Waals surface area contributed by atoms with Crippen LogP contribution >= 0.6 is 0 Å². The molecule has 0 spiro atoms. The zero-order chi connectivity index (χ0) is 16.7. The van der Waals surface area contributed by atoms with Gasteiger partial charge in [-0.2, -0.15) is 0 Å². The Bertz CT molecular complexity index is 554. The number of fused-ring (bicyclic) bond motifs is 1. The van der Waals surface area contributed by atoms with Crippen molar-refractivity contribution in [3.63, 3.8) is 0 Å². The van der Waals surface area contributed by atoms with Crippen molar-refractivity contribution in [3.05, 3.63) is 23.8 Å². The molecular formula is C18H25NO4. The second-order valence-corrected chi connectivity index (χ2v) is 6.17. The van der Waals surface area contributed by atoms with E-state index in [-0.39, 0.29) is 11.7 Å². The number of carbonyl (C=O) groups is 2. The van der Waals surface area contributed by atoms with Gasteiger partial charge in [-0.1, -0.05) is 13.8 Å². The maximum atomic E-state index is 12.2. The molecule has 0 saturated carbocycles. The van der Waals surface area contributed by atoms with E-state index in [2.05, 4.69) is 19.2 Å². The fourth-order valence-electron chi connectivity index (χ4n) is 2.36. The minimum atomic E-state index is 0.0145. The van der Waals surface area contributed by atoms with Gasteiger partial charge in [-0.15, -0.1) is 0 Å². The van der Waals surface area contributed by atoms with E-state index in [4.69, 9.17) is 9.47 Å². The van der Waals surface area contributed by atoms with Gasteiger partial charge >= 0.3 is 0 Å². The second-order valence-electron chi connectivity index (χ2n) is 6.17. The van der Waals surface area contributed by atoms with Crippen molar-refractivity contribution in [3.8, 4) is 11.5 Å². The van der Waals surface area contributed by atoms with Crippen LogP contribution in [0.1, 0.15) is 49.9 Å². The van der Waals surface area contributed by atoms with Gasteiger partial charge < -0.3 is 14.8 Å². The average Bonchev–Trinajstić information content (AvgIpc) is 2.54. The molecule has 1 amide bonds. The van der Waals surface area contributed by atoms with E-state index >= 15 is 0 Å². The standard InChI is InChI=1S/C18H25NO4/c1-13(2)8-9-19-18(21)5-3-4-15(20)14-6-7-16-17(12-14)23-11-10-22-16/h6-7,12-13H,3-5,8-11H2,1-2H3,(H,19,21). The Morgan fingerprint density at radius 3 is 2.61 bits per heavy atom. The summed E-state index contributed by atoms with van der Waals surface area (Å²) < 4.78 is 10.9. The molecule has 5 nitrogen and oxygen atoms in total. The maximum absolute atomic E-state index is 12.2. The lowest BCUT2D eigenvalue weighted by Crippen LogP contribution is -2.25. The largest absolute Gasteiger partial charge is 0.486 e. The summed E-state index contributed by atoms with van der Waals surface area (Å²) in [6.45, 7) is 5.98. The van der Waals surface area contributed by atoms with E-state index in [1.54, 1.807) is 18.2 Å². The molecule has 1 aromatic rings. The lowest BCUT2D eigenvalue weighted by molar-refractivity contribution is -0.121. The topological polar surface area (TPSA) is 64.6 Å². The van der Waals surface area contributed by atoms with Crippen LogP contribution < -0.4 is 14.8 Å². The Kier molecular flexibility index (Phi) is 6.44. The third-order valence-electron chi connectivity index (χ3n) is 3.72. The van der Waals surface area contributed by atoms with Crippen LogP contribution in [0.15, 0.2) is 18.2 Å². The molecule has 1 aliphatic rings. The molecule has 1 aromatic carbocycles. The molecule has 1 heterocycles. The summed E-state index contributed by atoms with van der Waals surface area (Å²) in [5.41, 5.74) is 0.606. The van der Waals surface area contributed by atoms with Crippen LogP contribution in [-0.4, -0.2) is 31.4 Å². The fourth-order valence-corrected chi connectivity index (χ4v) is 2.36. The molecule has 1 aliphatic heterocycles. The smallest absolute Gasteiger partial charge is 0.220 e. The van der Waals surface area contributed by atoms with Crippen molar-refractivity contribution in [2.45, 2.75) is 39.5 Å². The third-order valence-corrected chi connectivity index (χ3v) is 3.72. The van der Waals surface area contributed by atoms with Gasteiger partial charge in [-0.25, -0.2) is 0 Å². The maximum Gasteiger partial charge on any atom is 0.220 e. The molecule has 0 fully saturated rings. The lowest BCUT2D eigenvalue weighted by Gasteiger charge is -2.18. The number of rotatable bonds is 8. The Balaban J connectivity index is 1.73. The van der Waals surface area contributed by atoms with Crippen LogP contribution in [0.4, 0.5) is 0 Å². The number of nitrogens with one attached hydrogen (secondary N) is 1. The van der Waals surface area contributed by atoms with E-state index in [0.717, 1.165) is 6.42 Å². The number of ketones is 1. The Morgan fingerprint density at radius 2 is 1.87 bits per heavy atom. The average molecular weight is 319 g/mol. The number of ether oxygens (including phenoxy) is 2. The molecule has 23 heavy (non-hydrogen) atoms. The van der Waals surface area contributed by atoms with E-state index in [0.29, 0.717) is 62.0 Å². The first-order valence-electron chi connectivity index (χ1n) is 8.26. The van der Waals surface area contributed by atoms with Crippen LogP contribution in [0.25, 0.3) is 0 Å². The van der Waals surface area contributed by atoms with Gasteiger partial charge in [-0.3, -0.25) is 9.59 Å². The number of hydrogen-bond acceptors (Lipinski definition) is 4. The number of benzene rings is 1. The molecule has 5 heteroatoms. The number of Topliss-reactive ketones (excluding diaryl/α,β-unsaturated/α-hetero) is 1. The van der Waals surface area contributed by atoms with Gasteiger partial charge in [0.05, 0.1) is 0 Å². The van der Waals surface area contributed by atoms with Crippen LogP contribution in [0.5, 0.6) is 11.5 Å². The van der Waals surface area contributed by atoms with Gasteiger partial charge in [0.25, 0.3) is 0 Å². The minimum Gasteiger partial charge on any atom is -0.486 e. The van der Waals surface area contributed by atoms with Gasteiger partial charge in [0.1, 0.15) is 13.2 Å². The highest BCUT2D eigenvalue weighted by molar-refractivity contribution is 5.96. The molecule has 0 radical (unpaired) electrons. The van der Waals surface area contributed by atoms with Crippen molar-refractivity contribution in [2.75, 3.05) is 19.8 Å². The van der Waals surface area contributed by atoms with E-state index in [1.165, 1.54) is 0 Å². The van der Waals surface area contributed by atoms with Gasteiger partial charge in [0.15, 0.2) is 17.3 Å². The highest BCUT2D eigenvalue weighted by atomic mass is 16.6. The molecule has 0 bridgehead atoms. The summed E-state index contributed by atoms with van der Waals surface area (Å²) >= 11 is 0. The summed E-state index contributed by atoms with van der Waals surface area (Å²) in [5, 5.41) is 2.88. The summed E-state index contributed by atoms with van der Waals surface area (Å²) in [5.74, 6) is 1.91. The first-order valence-corrected chi connectivity index (χ1v) is 8.26. The highest BCUT2D eigenvalue weighted by Gasteiger charge is 2.15. The van der Waals surface area contributed by atoms with Crippen LogP contribution in [0, 0.1) is 5.92 Å². The highest BCUT2D eigenvalue weighted by Crippen LogP contribution is 2.31. The van der Waals surface area contributed by atoms with E-state index < -0.39 is 0 Å². The number of hydrogen-bond donors (Lipinski definition) is 1. The first-order chi connectivity index (χ1) is 11.1. The van der Waals surface area contributed by atoms with Gasteiger partial charge in [0, 0.05) is 24.9 Å². The monoisotopic (exact) mass is 319 g/mol. The van der Waals surface area contributed by atoms with E-state index in [1.807, 2.05) is 0 Å². The lowest BCUT2D eigenvalue weighted by atomic mass is 10.0. The molecule has 2 rings (SSSR count). The SMILES string of the molecule is CC(C)CCNC(=O)CCCC(=O)c1ccc2c(c1)OCCO2. The molecule has 0 saturated heterocycles. The van der Waals surface area contributed by atoms with Crippen molar-refractivity contribution in [1.82, 2.24) is 5.32 Å². The quantitative estimate of drug-likeness (QED) is 0.748. The molecule has 0 unspecified atom stereocenters. The molecule has 1 N–H and O–H groups in total. The van der Waals surface area contributed by atoms with E-state index in [9.17, 15) is 9.59 Å². The van der Waals surface area contributed by atoms with Gasteiger partial charge in [0.2, 0.25) is 5.91 Å². The minimum absolute atomic E-state index is 0.0145. The van der Waals surface area contributed by atoms with Crippen molar-refractivity contribution in [1.29, 1.82) is 0 Å². The van der Waals surface area contributed by atoms with Crippen molar-refractivity contribution < 1.29 is 19.1 Å². The molecular weight excluding hydrogens is 294 g/mol. The molecule has 0 atom stereocenters. The Labute approximate surface area is 137 Å². The van der Waals surface area contributed by atoms with Crippen LogP contribution in [0.3, 0.4) is 0 Å². The fraction of sp³-hybridized carbons (Fsp3) is 0.556.